The number of rotatable bonds is 10. The number of amides is 1. The van der Waals surface area contributed by atoms with Crippen molar-refractivity contribution in [2.45, 2.75) is 26.3 Å². The van der Waals surface area contributed by atoms with Crippen LogP contribution in [0.3, 0.4) is 0 Å². The maximum absolute atomic E-state index is 12.5. The summed E-state index contributed by atoms with van der Waals surface area (Å²) < 4.78 is 11.2. The lowest BCUT2D eigenvalue weighted by Gasteiger charge is -2.12. The Morgan fingerprint density at radius 1 is 1.03 bits per heavy atom. The molecule has 160 valence electrons. The SMILES string of the molecule is CC(=CCOc1ccccc1CNC(=O)c1ccc(-c2ccco2)cc1)CCC(=O)O. The highest BCUT2D eigenvalue weighted by Gasteiger charge is 2.09. The van der Waals surface area contributed by atoms with E-state index < -0.39 is 5.97 Å². The van der Waals surface area contributed by atoms with Gasteiger partial charge in [-0.1, -0.05) is 35.9 Å². The topological polar surface area (TPSA) is 88.8 Å². The minimum atomic E-state index is -0.814. The van der Waals surface area contributed by atoms with Crippen molar-refractivity contribution in [1.29, 1.82) is 0 Å². The normalized spacial score (nSPS) is 11.2. The zero-order chi connectivity index (χ0) is 22.1. The van der Waals surface area contributed by atoms with Crippen LogP contribution in [0.2, 0.25) is 0 Å². The van der Waals surface area contributed by atoms with Crippen molar-refractivity contribution in [2.75, 3.05) is 6.61 Å². The predicted molar refractivity (Wildman–Crippen MR) is 118 cm³/mol. The molecule has 0 saturated carbocycles. The van der Waals surface area contributed by atoms with Crippen LogP contribution in [-0.4, -0.2) is 23.6 Å². The van der Waals surface area contributed by atoms with Crippen molar-refractivity contribution in [3.63, 3.8) is 0 Å². The molecular weight excluding hydrogens is 394 g/mol. The standard InChI is InChI=1S/C25H25NO5/c1-18(8-13-24(27)28)14-16-31-23-6-3-2-5-21(23)17-26-25(29)20-11-9-19(10-12-20)22-7-4-15-30-22/h2-7,9-12,14-15H,8,13,16-17H2,1H3,(H,26,29)(H,27,28). The van der Waals surface area contributed by atoms with Crippen LogP contribution in [0.1, 0.15) is 35.7 Å². The summed E-state index contributed by atoms with van der Waals surface area (Å²) in [6.07, 6.45) is 4.09. The van der Waals surface area contributed by atoms with E-state index in [1.54, 1.807) is 18.4 Å². The number of hydrogen-bond acceptors (Lipinski definition) is 4. The third kappa shape index (κ3) is 6.60. The molecule has 6 nitrogen and oxygen atoms in total. The van der Waals surface area contributed by atoms with Gasteiger partial charge in [0.1, 0.15) is 18.1 Å². The number of carbonyl (C=O) groups is 2. The largest absolute Gasteiger partial charge is 0.489 e. The number of hydrogen-bond donors (Lipinski definition) is 2. The smallest absolute Gasteiger partial charge is 0.303 e. The fourth-order valence-corrected chi connectivity index (χ4v) is 2.98. The number of carbonyl (C=O) groups excluding carboxylic acids is 1. The zero-order valence-corrected chi connectivity index (χ0v) is 17.3. The van der Waals surface area contributed by atoms with E-state index in [-0.39, 0.29) is 12.3 Å². The van der Waals surface area contributed by atoms with Gasteiger partial charge in [0, 0.05) is 29.7 Å². The summed E-state index contributed by atoms with van der Waals surface area (Å²) in [6.45, 7) is 2.55. The first-order valence-corrected chi connectivity index (χ1v) is 10.0. The van der Waals surface area contributed by atoms with Gasteiger partial charge in [0.25, 0.3) is 5.91 Å². The van der Waals surface area contributed by atoms with Crippen molar-refractivity contribution in [3.05, 3.63) is 89.7 Å². The molecule has 2 aromatic carbocycles. The van der Waals surface area contributed by atoms with E-state index >= 15 is 0 Å². The van der Waals surface area contributed by atoms with Crippen LogP contribution in [0, 0.1) is 0 Å². The third-order valence-corrected chi connectivity index (χ3v) is 4.77. The molecule has 31 heavy (non-hydrogen) atoms. The highest BCUT2D eigenvalue weighted by Crippen LogP contribution is 2.21. The average Bonchev–Trinajstić information content (AvgIpc) is 3.32. The lowest BCUT2D eigenvalue weighted by molar-refractivity contribution is -0.136. The van der Waals surface area contributed by atoms with Crippen LogP contribution in [0.4, 0.5) is 0 Å². The van der Waals surface area contributed by atoms with E-state index in [2.05, 4.69) is 5.32 Å². The Kier molecular flexibility index (Phi) is 7.65. The Balaban J connectivity index is 1.55. The Morgan fingerprint density at radius 3 is 2.52 bits per heavy atom. The van der Waals surface area contributed by atoms with Crippen LogP contribution >= 0.6 is 0 Å². The number of aliphatic carboxylic acids is 1. The lowest BCUT2D eigenvalue weighted by atomic mass is 10.1. The molecule has 0 spiro atoms. The molecule has 2 N–H and O–H groups in total. The number of carboxylic acids is 1. The van der Waals surface area contributed by atoms with Gasteiger partial charge in [0.05, 0.1) is 6.26 Å². The first-order chi connectivity index (χ1) is 15.0. The minimum absolute atomic E-state index is 0.105. The summed E-state index contributed by atoms with van der Waals surface area (Å²) in [7, 11) is 0. The number of para-hydroxylation sites is 1. The second-order valence-electron chi connectivity index (χ2n) is 7.10. The molecule has 1 aromatic heterocycles. The maximum Gasteiger partial charge on any atom is 0.303 e. The monoisotopic (exact) mass is 419 g/mol. The molecule has 0 radical (unpaired) electrons. The van der Waals surface area contributed by atoms with E-state index in [1.165, 1.54) is 0 Å². The molecule has 3 aromatic rings. The fourth-order valence-electron chi connectivity index (χ4n) is 2.98. The van der Waals surface area contributed by atoms with Gasteiger partial charge in [-0.2, -0.15) is 0 Å². The Hall–Kier alpha value is -3.80. The molecule has 0 aliphatic rings. The average molecular weight is 419 g/mol. The quantitative estimate of drug-likeness (QED) is 0.448. The molecule has 0 bridgehead atoms. The van der Waals surface area contributed by atoms with E-state index in [9.17, 15) is 9.59 Å². The second kappa shape index (κ2) is 10.8. The van der Waals surface area contributed by atoms with Gasteiger partial charge in [-0.25, -0.2) is 0 Å². The molecule has 1 heterocycles. The number of furan rings is 1. The van der Waals surface area contributed by atoms with Crippen LogP contribution in [0.25, 0.3) is 11.3 Å². The number of ether oxygens (including phenoxy) is 1. The Labute approximate surface area is 181 Å². The van der Waals surface area contributed by atoms with Crippen molar-refractivity contribution in [2.24, 2.45) is 0 Å². The minimum Gasteiger partial charge on any atom is -0.489 e. The molecule has 1 amide bonds. The van der Waals surface area contributed by atoms with Crippen LogP contribution in [0.5, 0.6) is 5.75 Å². The summed E-state index contributed by atoms with van der Waals surface area (Å²) in [5.41, 5.74) is 3.29. The maximum atomic E-state index is 12.5. The third-order valence-electron chi connectivity index (χ3n) is 4.77. The predicted octanol–water partition coefficient (Wildman–Crippen LogP) is 5.07. The zero-order valence-electron chi connectivity index (χ0n) is 17.3. The second-order valence-corrected chi connectivity index (χ2v) is 7.10. The van der Waals surface area contributed by atoms with Gasteiger partial charge < -0.3 is 19.6 Å². The molecule has 0 fully saturated rings. The first-order valence-electron chi connectivity index (χ1n) is 10.0. The molecule has 0 saturated heterocycles. The fraction of sp³-hybridized carbons (Fsp3) is 0.200. The molecule has 0 unspecified atom stereocenters. The number of benzene rings is 2. The lowest BCUT2D eigenvalue weighted by Crippen LogP contribution is -2.23. The van der Waals surface area contributed by atoms with Crippen LogP contribution < -0.4 is 10.1 Å². The van der Waals surface area contributed by atoms with Crippen molar-refractivity contribution in [1.82, 2.24) is 5.32 Å². The molecule has 0 atom stereocenters. The molecule has 3 rings (SSSR count). The van der Waals surface area contributed by atoms with E-state index in [0.29, 0.717) is 30.9 Å². The molecule has 0 aliphatic carbocycles. The summed E-state index contributed by atoms with van der Waals surface area (Å²) in [6, 6.07) is 18.4. The molecule has 0 aliphatic heterocycles. The summed E-state index contributed by atoms with van der Waals surface area (Å²) in [5, 5.41) is 11.7. The van der Waals surface area contributed by atoms with E-state index in [1.807, 2.05) is 61.5 Å². The van der Waals surface area contributed by atoms with Crippen molar-refractivity contribution < 1.29 is 23.8 Å². The van der Waals surface area contributed by atoms with E-state index in [4.69, 9.17) is 14.3 Å². The Morgan fingerprint density at radius 2 is 1.81 bits per heavy atom. The van der Waals surface area contributed by atoms with Gasteiger partial charge in [-0.3, -0.25) is 9.59 Å². The number of nitrogens with one attached hydrogen (secondary N) is 1. The van der Waals surface area contributed by atoms with Gasteiger partial charge in [-0.15, -0.1) is 0 Å². The van der Waals surface area contributed by atoms with E-state index in [0.717, 1.165) is 22.5 Å². The first kappa shape index (κ1) is 21.9. The van der Waals surface area contributed by atoms with Crippen LogP contribution in [-0.2, 0) is 11.3 Å². The summed E-state index contributed by atoms with van der Waals surface area (Å²) in [4.78, 5) is 23.2. The number of allylic oxidation sites excluding steroid dienone is 1. The molecule has 6 heteroatoms. The van der Waals surface area contributed by atoms with Gasteiger partial charge in [-0.05, 0) is 49.8 Å². The van der Waals surface area contributed by atoms with Crippen molar-refractivity contribution in [3.8, 4) is 17.1 Å². The summed E-state index contributed by atoms with van der Waals surface area (Å²) in [5.74, 6) is 0.444. The van der Waals surface area contributed by atoms with Gasteiger partial charge in [0.15, 0.2) is 0 Å². The number of carboxylic acid groups (broad SMARTS) is 1. The van der Waals surface area contributed by atoms with Gasteiger partial charge >= 0.3 is 5.97 Å². The highest BCUT2D eigenvalue weighted by atomic mass is 16.5. The van der Waals surface area contributed by atoms with Gasteiger partial charge in [0.2, 0.25) is 0 Å². The van der Waals surface area contributed by atoms with Crippen LogP contribution in [0.15, 0.2) is 83.0 Å². The van der Waals surface area contributed by atoms with Crippen molar-refractivity contribution >= 4 is 11.9 Å². The summed E-state index contributed by atoms with van der Waals surface area (Å²) >= 11 is 0. The highest BCUT2D eigenvalue weighted by molar-refractivity contribution is 5.94. The Bertz CT molecular complexity index is 1040. The molecular formula is C25H25NO5.